The second-order valence-electron chi connectivity index (χ2n) is 4.87. The zero-order chi connectivity index (χ0) is 11.6. The quantitative estimate of drug-likeness (QED) is 0.437. The Kier molecular flexibility index (Phi) is 7.76. The fourth-order valence-electron chi connectivity index (χ4n) is 2.46. The summed E-state index contributed by atoms with van der Waals surface area (Å²) in [6, 6.07) is 0. The fraction of sp³-hybridized carbons (Fsp3) is 1.00. The van der Waals surface area contributed by atoms with Gasteiger partial charge in [-0.3, -0.25) is 0 Å². The highest BCUT2D eigenvalue weighted by molar-refractivity contribution is 4.75. The van der Waals surface area contributed by atoms with Crippen molar-refractivity contribution in [2.45, 2.75) is 25.7 Å². The molecule has 4 nitrogen and oxygen atoms in total. The molecule has 0 atom stereocenters. The summed E-state index contributed by atoms with van der Waals surface area (Å²) < 4.78 is 0. The summed E-state index contributed by atoms with van der Waals surface area (Å²) >= 11 is 0. The van der Waals surface area contributed by atoms with Crippen molar-refractivity contribution >= 4 is 0 Å². The van der Waals surface area contributed by atoms with Crippen LogP contribution in [-0.4, -0.2) is 39.3 Å². The van der Waals surface area contributed by atoms with Crippen LogP contribution in [0.3, 0.4) is 0 Å². The van der Waals surface area contributed by atoms with Crippen LogP contribution in [0.25, 0.3) is 0 Å². The van der Waals surface area contributed by atoms with Gasteiger partial charge in [0.05, 0.1) is 0 Å². The number of rotatable bonds is 8. The molecule has 1 saturated carbocycles. The van der Waals surface area contributed by atoms with Crippen LogP contribution in [0.5, 0.6) is 0 Å². The van der Waals surface area contributed by atoms with E-state index in [1.54, 1.807) is 0 Å². The van der Waals surface area contributed by atoms with Crippen molar-refractivity contribution in [2.24, 2.45) is 23.3 Å². The van der Waals surface area contributed by atoms with Gasteiger partial charge in [0.1, 0.15) is 0 Å². The molecule has 0 saturated heterocycles. The zero-order valence-electron chi connectivity index (χ0n) is 10.4. The lowest BCUT2D eigenvalue weighted by Gasteiger charge is -2.28. The maximum absolute atomic E-state index is 5.45. The first kappa shape index (κ1) is 13.9. The smallest absolute Gasteiger partial charge is 0.00746 e. The van der Waals surface area contributed by atoms with Crippen LogP contribution < -0.4 is 22.1 Å². The van der Waals surface area contributed by atoms with Gasteiger partial charge in [0.15, 0.2) is 0 Å². The van der Waals surface area contributed by atoms with Crippen molar-refractivity contribution in [2.75, 3.05) is 39.3 Å². The van der Waals surface area contributed by atoms with Crippen molar-refractivity contribution in [3.05, 3.63) is 0 Å². The maximum atomic E-state index is 5.45. The van der Waals surface area contributed by atoms with E-state index in [0.717, 1.165) is 51.1 Å². The Morgan fingerprint density at radius 2 is 1.12 bits per heavy atom. The summed E-state index contributed by atoms with van der Waals surface area (Å²) in [6.07, 6.45) is 5.47. The molecule has 0 aromatic carbocycles. The monoisotopic (exact) mass is 228 g/mol. The molecular weight excluding hydrogens is 200 g/mol. The van der Waals surface area contributed by atoms with Gasteiger partial charge in [-0.2, -0.15) is 0 Å². The second-order valence-corrected chi connectivity index (χ2v) is 4.87. The summed E-state index contributed by atoms with van der Waals surface area (Å²) in [7, 11) is 0. The summed E-state index contributed by atoms with van der Waals surface area (Å²) in [4.78, 5) is 0. The molecule has 0 amide bonds. The molecule has 16 heavy (non-hydrogen) atoms. The van der Waals surface area contributed by atoms with E-state index >= 15 is 0 Å². The molecule has 0 spiro atoms. The normalized spacial score (nSPS) is 25.9. The lowest BCUT2D eigenvalue weighted by molar-refractivity contribution is 0.262. The molecule has 0 radical (unpaired) electrons. The highest BCUT2D eigenvalue weighted by Crippen LogP contribution is 2.27. The van der Waals surface area contributed by atoms with E-state index in [9.17, 15) is 0 Å². The minimum Gasteiger partial charge on any atom is -0.329 e. The molecule has 0 bridgehead atoms. The molecule has 0 unspecified atom stereocenters. The van der Waals surface area contributed by atoms with Gasteiger partial charge in [-0.05, 0) is 50.6 Å². The van der Waals surface area contributed by atoms with E-state index in [4.69, 9.17) is 11.5 Å². The van der Waals surface area contributed by atoms with Gasteiger partial charge in [-0.15, -0.1) is 0 Å². The van der Waals surface area contributed by atoms with E-state index in [0.29, 0.717) is 0 Å². The Morgan fingerprint density at radius 3 is 1.44 bits per heavy atom. The van der Waals surface area contributed by atoms with Crippen molar-refractivity contribution in [3.63, 3.8) is 0 Å². The summed E-state index contributed by atoms with van der Waals surface area (Å²) in [5, 5.41) is 6.83. The Hall–Kier alpha value is -0.160. The average Bonchev–Trinajstić information content (AvgIpc) is 2.32. The van der Waals surface area contributed by atoms with Crippen molar-refractivity contribution in [1.82, 2.24) is 10.6 Å². The Morgan fingerprint density at radius 1 is 0.750 bits per heavy atom. The first-order valence-corrected chi connectivity index (χ1v) is 6.68. The van der Waals surface area contributed by atoms with Crippen LogP contribution in [0.2, 0.25) is 0 Å². The molecule has 6 N–H and O–H groups in total. The third kappa shape index (κ3) is 5.80. The number of hydrogen-bond donors (Lipinski definition) is 4. The summed E-state index contributed by atoms with van der Waals surface area (Å²) in [6.45, 7) is 5.72. The Labute approximate surface area is 99.5 Å². The van der Waals surface area contributed by atoms with Gasteiger partial charge < -0.3 is 22.1 Å². The molecule has 4 heteroatoms. The van der Waals surface area contributed by atoms with E-state index in [-0.39, 0.29) is 0 Å². The van der Waals surface area contributed by atoms with Crippen LogP contribution in [0, 0.1) is 11.8 Å². The largest absolute Gasteiger partial charge is 0.329 e. The molecule has 1 rings (SSSR count). The van der Waals surface area contributed by atoms with Gasteiger partial charge in [0, 0.05) is 26.2 Å². The number of nitrogens with two attached hydrogens (primary N) is 2. The topological polar surface area (TPSA) is 76.1 Å². The third-order valence-corrected chi connectivity index (χ3v) is 3.47. The minimum absolute atomic E-state index is 0.748. The van der Waals surface area contributed by atoms with Crippen LogP contribution in [0.4, 0.5) is 0 Å². The SMILES string of the molecule is NCCNCC1CCC(CNCCN)CC1. The van der Waals surface area contributed by atoms with Gasteiger partial charge in [-0.25, -0.2) is 0 Å². The predicted molar refractivity (Wildman–Crippen MR) is 69.3 cm³/mol. The predicted octanol–water partition coefficient (Wildman–Crippen LogP) is -0.111. The van der Waals surface area contributed by atoms with E-state index in [1.165, 1.54) is 25.7 Å². The fourth-order valence-corrected chi connectivity index (χ4v) is 2.46. The van der Waals surface area contributed by atoms with Gasteiger partial charge in [-0.1, -0.05) is 0 Å². The van der Waals surface area contributed by atoms with Crippen molar-refractivity contribution in [1.29, 1.82) is 0 Å². The van der Waals surface area contributed by atoms with Gasteiger partial charge >= 0.3 is 0 Å². The Balaban J connectivity index is 2.00. The van der Waals surface area contributed by atoms with Crippen LogP contribution in [0.15, 0.2) is 0 Å². The van der Waals surface area contributed by atoms with Crippen molar-refractivity contribution in [3.8, 4) is 0 Å². The van der Waals surface area contributed by atoms with E-state index in [1.807, 2.05) is 0 Å². The molecule has 96 valence electrons. The highest BCUT2D eigenvalue weighted by Gasteiger charge is 2.20. The first-order valence-electron chi connectivity index (χ1n) is 6.68. The number of nitrogens with one attached hydrogen (secondary N) is 2. The van der Waals surface area contributed by atoms with Crippen LogP contribution in [0.1, 0.15) is 25.7 Å². The Bertz CT molecular complexity index is 137. The molecule has 1 fully saturated rings. The van der Waals surface area contributed by atoms with Crippen LogP contribution >= 0.6 is 0 Å². The molecule has 0 aromatic rings. The molecule has 0 heterocycles. The third-order valence-electron chi connectivity index (χ3n) is 3.47. The average molecular weight is 228 g/mol. The molecule has 1 aliphatic rings. The molecule has 0 aromatic heterocycles. The second kappa shape index (κ2) is 8.93. The van der Waals surface area contributed by atoms with E-state index < -0.39 is 0 Å². The molecular formula is C12H28N4. The zero-order valence-corrected chi connectivity index (χ0v) is 10.4. The number of hydrogen-bond acceptors (Lipinski definition) is 4. The highest BCUT2D eigenvalue weighted by atomic mass is 14.9. The minimum atomic E-state index is 0.748. The molecule has 0 aliphatic heterocycles. The van der Waals surface area contributed by atoms with Crippen molar-refractivity contribution < 1.29 is 0 Å². The lowest BCUT2D eigenvalue weighted by atomic mass is 9.82. The van der Waals surface area contributed by atoms with Crippen LogP contribution in [-0.2, 0) is 0 Å². The molecule has 1 aliphatic carbocycles. The first-order chi connectivity index (χ1) is 7.86. The lowest BCUT2D eigenvalue weighted by Crippen LogP contribution is -2.33. The standard InChI is InChI=1S/C12H28N4/c13-5-7-15-9-11-1-2-12(4-3-11)10-16-8-6-14/h11-12,15-16H,1-10,13-14H2. The van der Waals surface area contributed by atoms with Gasteiger partial charge in [0.2, 0.25) is 0 Å². The van der Waals surface area contributed by atoms with E-state index in [2.05, 4.69) is 10.6 Å². The maximum Gasteiger partial charge on any atom is 0.00746 e. The van der Waals surface area contributed by atoms with Gasteiger partial charge in [0.25, 0.3) is 0 Å². The summed E-state index contributed by atoms with van der Waals surface area (Å²) in [5.74, 6) is 1.75. The summed E-state index contributed by atoms with van der Waals surface area (Å²) in [5.41, 5.74) is 10.9.